The smallest absolute Gasteiger partial charge is 0.189 e. The van der Waals surface area contributed by atoms with Crippen molar-refractivity contribution in [1.82, 2.24) is 0 Å². The summed E-state index contributed by atoms with van der Waals surface area (Å²) in [7, 11) is -7.26. The Hall–Kier alpha value is 0.570. The molecule has 3 atom stereocenters. The van der Waals surface area contributed by atoms with Crippen LogP contribution in [0.4, 0.5) is 0 Å². The van der Waals surface area contributed by atoms with Crippen LogP contribution < -0.4 is 0 Å². The first-order valence-electron chi connectivity index (χ1n) is 3.34. The highest BCUT2D eigenvalue weighted by molar-refractivity contribution is 7.42. The van der Waals surface area contributed by atoms with E-state index < -0.39 is 24.1 Å². The van der Waals surface area contributed by atoms with Crippen LogP contribution in [0, 0.1) is 6.92 Å². The predicted molar refractivity (Wildman–Crippen MR) is 53.6 cm³/mol. The molecule has 0 aromatic heterocycles. The van der Waals surface area contributed by atoms with Crippen LogP contribution in [0.1, 0.15) is 0 Å². The van der Waals surface area contributed by atoms with Crippen molar-refractivity contribution in [3.63, 3.8) is 0 Å². The molecule has 0 bridgehead atoms. The number of hydrogen-bond donors (Lipinski definition) is 3. The van der Waals surface area contributed by atoms with Gasteiger partial charge < -0.3 is 14.7 Å². The Bertz CT molecular complexity index is 178. The third kappa shape index (κ3) is 24.5. The van der Waals surface area contributed by atoms with Crippen LogP contribution in [0.2, 0.25) is 0 Å². The van der Waals surface area contributed by atoms with Gasteiger partial charge in [-0.05, 0) is 6.92 Å². The second-order valence-electron chi connectivity index (χ2n) is 1.93. The minimum Gasteiger partial charge on any atom is -0.346 e. The van der Waals surface area contributed by atoms with Crippen molar-refractivity contribution >= 4 is 24.1 Å². The highest BCUT2D eigenvalue weighted by atomic mass is 31.1. The van der Waals surface area contributed by atoms with Gasteiger partial charge >= 0.3 is 0 Å². The summed E-state index contributed by atoms with van der Waals surface area (Å²) in [6.07, 6.45) is 0.0998. The van der Waals surface area contributed by atoms with Crippen molar-refractivity contribution in [3.8, 4) is 0 Å². The summed E-state index contributed by atoms with van der Waals surface area (Å²) in [5.41, 5.74) is 0. The molecule has 0 rings (SSSR count). The van der Waals surface area contributed by atoms with Crippen molar-refractivity contribution in [2.45, 2.75) is 0 Å². The third-order valence-corrected chi connectivity index (χ3v) is 3.05. The fourth-order valence-corrected chi connectivity index (χ4v) is 1.92. The molecule has 81 valence electrons. The Kier molecular flexibility index (Phi) is 13.1. The van der Waals surface area contributed by atoms with Crippen LogP contribution in [0.3, 0.4) is 0 Å². The van der Waals surface area contributed by atoms with Crippen molar-refractivity contribution in [2.24, 2.45) is 0 Å². The van der Waals surface area contributed by atoms with Gasteiger partial charge in [0.2, 0.25) is 0 Å². The second-order valence-corrected chi connectivity index (χ2v) is 5.79. The third-order valence-electron chi connectivity index (χ3n) is 0.767. The summed E-state index contributed by atoms with van der Waals surface area (Å²) in [4.78, 5) is 24.1. The average molecular weight is 251 g/mol. The zero-order chi connectivity index (χ0) is 10.9. The molecule has 3 unspecified atom stereocenters. The van der Waals surface area contributed by atoms with Crippen molar-refractivity contribution in [2.75, 3.05) is 18.5 Å². The highest BCUT2D eigenvalue weighted by Crippen LogP contribution is 2.20. The van der Waals surface area contributed by atoms with Gasteiger partial charge in [0.05, 0.1) is 0 Å². The highest BCUT2D eigenvalue weighted by Gasteiger charge is 1.95. The fourth-order valence-electron chi connectivity index (χ4n) is 0.214. The Labute approximate surface area is 78.6 Å². The zero-order valence-corrected chi connectivity index (χ0v) is 9.89. The van der Waals surface area contributed by atoms with E-state index in [-0.39, 0.29) is 18.5 Å². The summed E-state index contributed by atoms with van der Waals surface area (Å²) in [5.74, 6) is 0. The van der Waals surface area contributed by atoms with Gasteiger partial charge in [0.1, 0.15) is 0 Å². The minimum absolute atomic E-state index is 0.0288. The lowest BCUT2D eigenvalue weighted by Crippen LogP contribution is -1.79. The molecule has 0 aromatic rings. The van der Waals surface area contributed by atoms with E-state index in [0.717, 1.165) is 0 Å². The Morgan fingerprint density at radius 1 is 0.846 bits per heavy atom. The largest absolute Gasteiger partial charge is 0.346 e. The molecule has 9 heteroatoms. The SMILES string of the molecule is O=[PH](O)CC[PH](=O)O.[CH2]C[PH](=O)O. The van der Waals surface area contributed by atoms with Gasteiger partial charge in [0, 0.05) is 18.5 Å². The van der Waals surface area contributed by atoms with E-state index >= 15 is 0 Å². The lowest BCUT2D eigenvalue weighted by atomic mass is 11.0. The van der Waals surface area contributed by atoms with Gasteiger partial charge in [-0.3, -0.25) is 13.7 Å². The van der Waals surface area contributed by atoms with Gasteiger partial charge in [-0.2, -0.15) is 0 Å². The Morgan fingerprint density at radius 2 is 1.08 bits per heavy atom. The van der Waals surface area contributed by atoms with Crippen LogP contribution in [0.25, 0.3) is 0 Å². The van der Waals surface area contributed by atoms with E-state index in [1.807, 2.05) is 0 Å². The van der Waals surface area contributed by atoms with Crippen molar-refractivity contribution in [1.29, 1.82) is 0 Å². The molecule has 1 radical (unpaired) electrons. The summed E-state index contributed by atoms with van der Waals surface area (Å²) in [5, 5.41) is 0. The van der Waals surface area contributed by atoms with Gasteiger partial charge in [-0.25, -0.2) is 0 Å². The van der Waals surface area contributed by atoms with E-state index in [2.05, 4.69) is 6.92 Å². The molecule has 0 aliphatic carbocycles. The molecule has 0 fully saturated rings. The maximum absolute atomic E-state index is 9.86. The lowest BCUT2D eigenvalue weighted by Gasteiger charge is -1.88. The molecule has 0 saturated carbocycles. The van der Waals surface area contributed by atoms with Gasteiger partial charge in [-0.1, -0.05) is 0 Å². The lowest BCUT2D eigenvalue weighted by molar-refractivity contribution is 0.494. The van der Waals surface area contributed by atoms with Crippen molar-refractivity contribution in [3.05, 3.63) is 6.92 Å². The summed E-state index contributed by atoms with van der Waals surface area (Å²) >= 11 is 0. The van der Waals surface area contributed by atoms with Crippen LogP contribution in [-0.4, -0.2) is 33.2 Å². The molecule has 0 heterocycles. The van der Waals surface area contributed by atoms with E-state index in [0.29, 0.717) is 0 Å². The quantitative estimate of drug-likeness (QED) is 0.615. The zero-order valence-electron chi connectivity index (χ0n) is 6.89. The van der Waals surface area contributed by atoms with Gasteiger partial charge in [0.15, 0.2) is 24.1 Å². The molecule has 0 spiro atoms. The summed E-state index contributed by atoms with van der Waals surface area (Å²) < 4.78 is 29.2. The molecule has 0 aliphatic heterocycles. The molecule has 0 saturated heterocycles. The van der Waals surface area contributed by atoms with E-state index in [1.165, 1.54) is 0 Å². The maximum Gasteiger partial charge on any atom is 0.189 e. The Morgan fingerprint density at radius 3 is 1.15 bits per heavy atom. The topological polar surface area (TPSA) is 112 Å². The standard InChI is InChI=1S/C2H8O4P2.C2H6O2P/c3-7(4)1-2-8(5)6;1-2-5(3)4/h7-8H,1-2H2,(H,3,4)(H,5,6);5H,1-2H2,(H,3,4). The van der Waals surface area contributed by atoms with Crippen molar-refractivity contribution < 1.29 is 28.4 Å². The monoisotopic (exact) mass is 251 g/mol. The van der Waals surface area contributed by atoms with Crippen LogP contribution in [-0.2, 0) is 13.7 Å². The molecule has 13 heavy (non-hydrogen) atoms. The molecule has 6 nitrogen and oxygen atoms in total. The number of hydrogen-bond acceptors (Lipinski definition) is 3. The minimum atomic E-state index is -2.51. The average Bonchev–Trinajstić information content (AvgIpc) is 2.02. The number of rotatable bonds is 4. The molecule has 0 aromatic carbocycles. The van der Waals surface area contributed by atoms with Crippen LogP contribution >= 0.6 is 24.1 Å². The normalized spacial score (nSPS) is 16.6. The van der Waals surface area contributed by atoms with Crippen LogP contribution in [0.5, 0.6) is 0 Å². The first-order valence-corrected chi connectivity index (χ1v) is 8.03. The Balaban J connectivity index is 0. The molecule has 0 aliphatic rings. The van der Waals surface area contributed by atoms with E-state index in [4.69, 9.17) is 14.7 Å². The van der Waals surface area contributed by atoms with E-state index in [1.54, 1.807) is 0 Å². The van der Waals surface area contributed by atoms with Crippen LogP contribution in [0.15, 0.2) is 0 Å². The van der Waals surface area contributed by atoms with Gasteiger partial charge in [-0.15, -0.1) is 0 Å². The second kappa shape index (κ2) is 10.6. The molecular weight excluding hydrogens is 237 g/mol. The summed E-state index contributed by atoms with van der Waals surface area (Å²) in [6.45, 7) is 3.17. The summed E-state index contributed by atoms with van der Waals surface area (Å²) in [6, 6.07) is 0. The predicted octanol–water partition coefficient (Wildman–Crippen LogP) is 0.208. The molecule has 3 N–H and O–H groups in total. The first-order chi connectivity index (χ1) is 5.90. The van der Waals surface area contributed by atoms with Gasteiger partial charge in [0.25, 0.3) is 0 Å². The molecule has 0 amide bonds. The maximum atomic E-state index is 9.86. The first kappa shape index (κ1) is 16.0. The van der Waals surface area contributed by atoms with E-state index in [9.17, 15) is 13.7 Å². The fraction of sp³-hybridized carbons (Fsp3) is 0.750. The molecular formula is C4H14O6P3.